The summed E-state index contributed by atoms with van der Waals surface area (Å²) in [7, 11) is 0. The third-order valence-corrected chi connectivity index (χ3v) is 4.57. The van der Waals surface area contributed by atoms with Crippen LogP contribution in [0.25, 0.3) is 0 Å². The van der Waals surface area contributed by atoms with Crippen molar-refractivity contribution in [1.82, 2.24) is 0 Å². The topological polar surface area (TPSA) is 38.3 Å². The number of hydrogen-bond acceptors (Lipinski definition) is 3. The van der Waals surface area contributed by atoms with Crippen molar-refractivity contribution in [3.8, 4) is 5.75 Å². The van der Waals surface area contributed by atoms with Gasteiger partial charge in [0.1, 0.15) is 5.75 Å². The van der Waals surface area contributed by atoms with Crippen molar-refractivity contribution in [2.45, 2.75) is 39.7 Å². The van der Waals surface area contributed by atoms with Crippen LogP contribution in [-0.4, -0.2) is 12.5 Å². The molecule has 1 N–H and O–H groups in total. The molecule has 0 saturated heterocycles. The number of alkyl halides is 2. The van der Waals surface area contributed by atoms with Crippen LogP contribution in [0.1, 0.15) is 40.4 Å². The van der Waals surface area contributed by atoms with E-state index in [0.717, 1.165) is 19.3 Å². The molecule has 23 heavy (non-hydrogen) atoms. The van der Waals surface area contributed by atoms with Gasteiger partial charge in [0.05, 0.1) is 10.6 Å². The lowest BCUT2D eigenvalue weighted by atomic mass is 10.1. The molecule has 1 aromatic heterocycles. The minimum absolute atomic E-state index is 0.0445. The first kappa shape index (κ1) is 17.4. The summed E-state index contributed by atoms with van der Waals surface area (Å²) >= 11 is 1.45. The summed E-state index contributed by atoms with van der Waals surface area (Å²) in [6, 6.07) is 8.05. The Hall–Kier alpha value is -1.95. The third-order valence-electron chi connectivity index (χ3n) is 3.33. The van der Waals surface area contributed by atoms with Crippen LogP contribution >= 0.6 is 11.3 Å². The summed E-state index contributed by atoms with van der Waals surface area (Å²) in [5, 5.41) is 2.65. The van der Waals surface area contributed by atoms with Crippen molar-refractivity contribution in [2.24, 2.45) is 0 Å². The molecule has 1 aromatic carbocycles. The molecule has 0 saturated carbocycles. The molecule has 0 aliphatic carbocycles. The van der Waals surface area contributed by atoms with Gasteiger partial charge in [-0.25, -0.2) is 0 Å². The third kappa shape index (κ3) is 4.51. The first-order valence-corrected chi connectivity index (χ1v) is 8.33. The number of halogens is 2. The highest BCUT2D eigenvalue weighted by atomic mass is 32.1. The second-order valence-electron chi connectivity index (χ2n) is 4.99. The first-order valence-electron chi connectivity index (χ1n) is 7.51. The second kappa shape index (κ2) is 8.06. The molecule has 0 unspecified atom stereocenters. The number of para-hydroxylation sites is 2. The van der Waals surface area contributed by atoms with Gasteiger partial charge >= 0.3 is 6.61 Å². The number of thiophene rings is 1. The summed E-state index contributed by atoms with van der Waals surface area (Å²) in [5.41, 5.74) is 1.40. The molecule has 0 bridgehead atoms. The first-order chi connectivity index (χ1) is 11.0. The number of rotatable bonds is 7. The molecule has 124 valence electrons. The van der Waals surface area contributed by atoms with Crippen LogP contribution in [0.3, 0.4) is 0 Å². The summed E-state index contributed by atoms with van der Waals surface area (Å²) in [6.45, 7) is 1.21. The minimum atomic E-state index is -2.93. The molecule has 0 aliphatic rings. The van der Waals surface area contributed by atoms with Crippen molar-refractivity contribution >= 4 is 22.9 Å². The Morgan fingerprint density at radius 1 is 1.30 bits per heavy atom. The SMILES string of the molecule is CCCc1sc(C(=O)Nc2ccccc2OC(F)F)cc1CC. The molecular weight excluding hydrogens is 320 g/mol. The summed E-state index contributed by atoms with van der Waals surface area (Å²) in [6.07, 6.45) is 2.82. The van der Waals surface area contributed by atoms with Crippen LogP contribution in [0.4, 0.5) is 14.5 Å². The standard InChI is InChI=1S/C17H19F2NO2S/c1-3-7-14-11(4-2)10-15(23-14)16(21)20-12-8-5-6-9-13(12)22-17(18)19/h5-6,8-10,17H,3-4,7H2,1-2H3,(H,20,21). The van der Waals surface area contributed by atoms with Crippen LogP contribution in [-0.2, 0) is 12.8 Å². The van der Waals surface area contributed by atoms with Gasteiger partial charge in [-0.2, -0.15) is 8.78 Å². The van der Waals surface area contributed by atoms with Crippen LogP contribution in [0.2, 0.25) is 0 Å². The zero-order valence-electron chi connectivity index (χ0n) is 13.1. The number of benzene rings is 1. The van der Waals surface area contributed by atoms with Crippen molar-refractivity contribution < 1.29 is 18.3 Å². The average Bonchev–Trinajstić information content (AvgIpc) is 2.92. The Bertz CT molecular complexity index is 670. The van der Waals surface area contributed by atoms with Crippen LogP contribution in [0, 0.1) is 0 Å². The number of anilines is 1. The fourth-order valence-electron chi connectivity index (χ4n) is 2.27. The molecule has 2 rings (SSSR count). The molecule has 3 nitrogen and oxygen atoms in total. The van der Waals surface area contributed by atoms with Crippen LogP contribution in [0.15, 0.2) is 30.3 Å². The van der Waals surface area contributed by atoms with Gasteiger partial charge in [-0.15, -0.1) is 11.3 Å². The summed E-state index contributed by atoms with van der Waals surface area (Å²) in [4.78, 5) is 14.2. The smallest absolute Gasteiger partial charge is 0.387 e. The fraction of sp³-hybridized carbons (Fsp3) is 0.353. The highest BCUT2D eigenvalue weighted by Gasteiger charge is 2.16. The van der Waals surface area contributed by atoms with Gasteiger partial charge in [0, 0.05) is 4.88 Å². The van der Waals surface area contributed by atoms with E-state index in [-0.39, 0.29) is 17.3 Å². The molecule has 1 heterocycles. The van der Waals surface area contributed by atoms with E-state index in [1.165, 1.54) is 33.9 Å². The van der Waals surface area contributed by atoms with Crippen molar-refractivity contribution in [3.05, 3.63) is 45.6 Å². The zero-order valence-corrected chi connectivity index (χ0v) is 13.9. The predicted octanol–water partition coefficient (Wildman–Crippen LogP) is 5.12. The van der Waals surface area contributed by atoms with Gasteiger partial charge in [0.25, 0.3) is 5.91 Å². The number of carbonyl (C=O) groups is 1. The quantitative estimate of drug-likeness (QED) is 0.760. The lowest BCUT2D eigenvalue weighted by molar-refractivity contribution is -0.0493. The van der Waals surface area contributed by atoms with Crippen LogP contribution in [0.5, 0.6) is 5.75 Å². The molecule has 0 radical (unpaired) electrons. The maximum absolute atomic E-state index is 12.4. The zero-order chi connectivity index (χ0) is 16.8. The van der Waals surface area contributed by atoms with Crippen molar-refractivity contribution in [3.63, 3.8) is 0 Å². The van der Waals surface area contributed by atoms with Gasteiger partial charge < -0.3 is 10.1 Å². The van der Waals surface area contributed by atoms with Gasteiger partial charge in [0.2, 0.25) is 0 Å². The van der Waals surface area contributed by atoms with E-state index in [0.29, 0.717) is 4.88 Å². The van der Waals surface area contributed by atoms with Gasteiger partial charge in [-0.1, -0.05) is 32.4 Å². The van der Waals surface area contributed by atoms with E-state index in [9.17, 15) is 13.6 Å². The molecule has 6 heteroatoms. The minimum Gasteiger partial charge on any atom is -0.433 e. The number of aryl methyl sites for hydroxylation is 2. The molecular formula is C17H19F2NO2S. The maximum Gasteiger partial charge on any atom is 0.387 e. The van der Waals surface area contributed by atoms with Crippen molar-refractivity contribution in [2.75, 3.05) is 5.32 Å². The van der Waals surface area contributed by atoms with E-state index < -0.39 is 6.61 Å². The molecule has 0 aliphatic heterocycles. The van der Waals surface area contributed by atoms with Crippen LogP contribution < -0.4 is 10.1 Å². The highest BCUT2D eigenvalue weighted by molar-refractivity contribution is 7.14. The molecule has 0 spiro atoms. The largest absolute Gasteiger partial charge is 0.433 e. The van der Waals surface area contributed by atoms with Gasteiger partial charge in [-0.3, -0.25) is 4.79 Å². The van der Waals surface area contributed by atoms with Gasteiger partial charge in [0.15, 0.2) is 0 Å². The highest BCUT2D eigenvalue weighted by Crippen LogP contribution is 2.29. The van der Waals surface area contributed by atoms with E-state index in [4.69, 9.17) is 0 Å². The second-order valence-corrected chi connectivity index (χ2v) is 6.13. The van der Waals surface area contributed by atoms with E-state index >= 15 is 0 Å². The van der Waals surface area contributed by atoms with Crippen molar-refractivity contribution in [1.29, 1.82) is 0 Å². The summed E-state index contributed by atoms with van der Waals surface area (Å²) < 4.78 is 29.3. The number of amides is 1. The van der Waals surface area contributed by atoms with Gasteiger partial charge in [-0.05, 0) is 36.6 Å². The number of hydrogen-bond donors (Lipinski definition) is 1. The Kier molecular flexibility index (Phi) is 6.10. The maximum atomic E-state index is 12.4. The Labute approximate surface area is 138 Å². The average molecular weight is 339 g/mol. The number of nitrogens with one attached hydrogen (secondary N) is 1. The molecule has 0 atom stereocenters. The molecule has 2 aromatic rings. The number of ether oxygens (including phenoxy) is 1. The Balaban J connectivity index is 2.19. The fourth-order valence-corrected chi connectivity index (χ4v) is 3.52. The van der Waals surface area contributed by atoms with E-state index in [1.54, 1.807) is 12.1 Å². The summed E-state index contributed by atoms with van der Waals surface area (Å²) in [5.74, 6) is -0.353. The lowest BCUT2D eigenvalue weighted by Gasteiger charge is -2.10. The Morgan fingerprint density at radius 3 is 2.70 bits per heavy atom. The Morgan fingerprint density at radius 2 is 2.04 bits per heavy atom. The molecule has 1 amide bonds. The lowest BCUT2D eigenvalue weighted by Crippen LogP contribution is -2.12. The predicted molar refractivity (Wildman–Crippen MR) is 88.7 cm³/mol. The normalized spacial score (nSPS) is 10.8. The number of carbonyl (C=O) groups excluding carboxylic acids is 1. The monoisotopic (exact) mass is 339 g/mol. The van der Waals surface area contributed by atoms with E-state index in [1.807, 2.05) is 6.07 Å². The molecule has 0 fully saturated rings. The van der Waals surface area contributed by atoms with E-state index in [2.05, 4.69) is 23.9 Å².